The molecule has 0 heterocycles. The van der Waals surface area contributed by atoms with E-state index in [1.54, 1.807) is 25.1 Å². The summed E-state index contributed by atoms with van der Waals surface area (Å²) in [5, 5.41) is 2.83. The van der Waals surface area contributed by atoms with Crippen LogP contribution in [0.25, 0.3) is 0 Å². The summed E-state index contributed by atoms with van der Waals surface area (Å²) >= 11 is 0. The maximum atomic E-state index is 12.7. The molecular weight excluding hydrogens is 324 g/mol. The van der Waals surface area contributed by atoms with E-state index >= 15 is 0 Å². The quantitative estimate of drug-likeness (QED) is 0.767. The van der Waals surface area contributed by atoms with Gasteiger partial charge in [0.15, 0.2) is 0 Å². The first-order chi connectivity index (χ1) is 11.4. The molecule has 0 fully saturated rings. The highest BCUT2D eigenvalue weighted by Gasteiger charge is 2.24. The van der Waals surface area contributed by atoms with Gasteiger partial charge in [-0.2, -0.15) is 4.31 Å². The Morgan fingerprint density at radius 1 is 1.29 bits per heavy atom. The van der Waals surface area contributed by atoms with Crippen molar-refractivity contribution in [3.8, 4) is 0 Å². The molecule has 132 valence electrons. The zero-order chi connectivity index (χ0) is 17.7. The Morgan fingerprint density at radius 3 is 2.58 bits per heavy atom. The van der Waals surface area contributed by atoms with Gasteiger partial charge in [0.05, 0.1) is 4.90 Å². The minimum Gasteiger partial charge on any atom is -0.326 e. The molecule has 1 amide bonds. The Hall–Kier alpha value is -1.66. The number of nitrogens with zero attached hydrogens (tertiary/aromatic N) is 1. The number of anilines is 1. The van der Waals surface area contributed by atoms with Crippen molar-refractivity contribution >= 4 is 21.6 Å². The number of allylic oxidation sites excluding steroid dienone is 2. The second-order valence-corrected chi connectivity index (χ2v) is 7.99. The summed E-state index contributed by atoms with van der Waals surface area (Å²) in [6.45, 7) is 6.24. The molecule has 24 heavy (non-hydrogen) atoms. The van der Waals surface area contributed by atoms with Crippen molar-refractivity contribution in [3.05, 3.63) is 35.9 Å². The number of sulfonamides is 1. The van der Waals surface area contributed by atoms with Gasteiger partial charge in [0, 0.05) is 25.2 Å². The first-order valence-electron chi connectivity index (χ1n) is 8.45. The number of hydrogen-bond acceptors (Lipinski definition) is 3. The van der Waals surface area contributed by atoms with Crippen LogP contribution in [0.3, 0.4) is 0 Å². The van der Waals surface area contributed by atoms with E-state index in [0.717, 1.165) is 12.8 Å². The van der Waals surface area contributed by atoms with Gasteiger partial charge in [-0.25, -0.2) is 8.42 Å². The van der Waals surface area contributed by atoms with Crippen LogP contribution in [0.15, 0.2) is 35.2 Å². The summed E-state index contributed by atoms with van der Waals surface area (Å²) in [7, 11) is -3.54. The third-order valence-corrected chi connectivity index (χ3v) is 6.55. The molecule has 1 aliphatic rings. The van der Waals surface area contributed by atoms with Crippen molar-refractivity contribution in [2.24, 2.45) is 5.92 Å². The molecule has 1 aliphatic carbocycles. The van der Waals surface area contributed by atoms with Gasteiger partial charge in [-0.3, -0.25) is 4.79 Å². The van der Waals surface area contributed by atoms with Crippen molar-refractivity contribution in [1.29, 1.82) is 0 Å². The molecule has 0 aromatic heterocycles. The largest absolute Gasteiger partial charge is 0.326 e. The minimum atomic E-state index is -3.54. The summed E-state index contributed by atoms with van der Waals surface area (Å²) in [6.07, 6.45) is 6.63. The van der Waals surface area contributed by atoms with E-state index in [1.165, 1.54) is 4.31 Å². The Kier molecular flexibility index (Phi) is 6.18. The third kappa shape index (κ3) is 4.24. The number of amides is 1. The second kappa shape index (κ2) is 7.94. The van der Waals surface area contributed by atoms with E-state index in [-0.39, 0.29) is 16.7 Å². The molecule has 1 atom stereocenters. The third-order valence-electron chi connectivity index (χ3n) is 4.36. The van der Waals surface area contributed by atoms with E-state index < -0.39 is 10.0 Å². The fourth-order valence-electron chi connectivity index (χ4n) is 2.97. The molecule has 6 heteroatoms. The normalized spacial score (nSPS) is 17.4. The van der Waals surface area contributed by atoms with Crippen LogP contribution in [0.1, 0.15) is 38.7 Å². The van der Waals surface area contributed by atoms with E-state index in [4.69, 9.17) is 0 Å². The summed E-state index contributed by atoms with van der Waals surface area (Å²) in [6, 6.07) is 5.05. The number of carbonyl (C=O) groups excluding carboxylic acids is 1. The van der Waals surface area contributed by atoms with Crippen LogP contribution in [0.4, 0.5) is 5.69 Å². The Labute approximate surface area is 144 Å². The standard InChI is InChI=1S/C18H26N2O3S/c1-4-20(5-2)24(22,23)17-13-16(11-10-14(17)3)19-18(21)12-15-8-6-7-9-15/h6,8,10-11,13,15H,4-5,7,9,12H2,1-3H3,(H,19,21)/t15-/m0/s1. The maximum absolute atomic E-state index is 12.7. The van der Waals surface area contributed by atoms with Gasteiger partial charge in [0.2, 0.25) is 15.9 Å². The Bertz CT molecular complexity index is 722. The molecule has 0 saturated carbocycles. The van der Waals surface area contributed by atoms with Crippen molar-refractivity contribution in [2.45, 2.75) is 44.9 Å². The highest BCUT2D eigenvalue weighted by Crippen LogP contribution is 2.25. The van der Waals surface area contributed by atoms with Crippen LogP contribution in [0.5, 0.6) is 0 Å². The molecule has 0 unspecified atom stereocenters. The lowest BCUT2D eigenvalue weighted by Gasteiger charge is -2.20. The topological polar surface area (TPSA) is 66.5 Å². The monoisotopic (exact) mass is 350 g/mol. The van der Waals surface area contributed by atoms with Gasteiger partial charge < -0.3 is 5.32 Å². The molecule has 5 nitrogen and oxygen atoms in total. The van der Waals surface area contributed by atoms with Gasteiger partial charge in [-0.1, -0.05) is 32.1 Å². The van der Waals surface area contributed by atoms with Gasteiger partial charge >= 0.3 is 0 Å². The van der Waals surface area contributed by atoms with Crippen LogP contribution in [-0.4, -0.2) is 31.7 Å². The van der Waals surface area contributed by atoms with Crippen LogP contribution < -0.4 is 5.32 Å². The maximum Gasteiger partial charge on any atom is 0.243 e. The molecule has 0 radical (unpaired) electrons. The summed E-state index contributed by atoms with van der Waals surface area (Å²) < 4.78 is 26.9. The predicted molar refractivity (Wildman–Crippen MR) is 96.4 cm³/mol. The second-order valence-electron chi connectivity index (χ2n) is 6.09. The van der Waals surface area contributed by atoms with Gasteiger partial charge in [0.25, 0.3) is 0 Å². The van der Waals surface area contributed by atoms with Crippen molar-refractivity contribution in [2.75, 3.05) is 18.4 Å². The highest BCUT2D eigenvalue weighted by molar-refractivity contribution is 7.89. The molecule has 2 rings (SSSR count). The lowest BCUT2D eigenvalue weighted by atomic mass is 10.1. The molecule has 1 aromatic rings. The molecule has 0 aliphatic heterocycles. The molecule has 0 bridgehead atoms. The first kappa shape index (κ1) is 18.7. The van der Waals surface area contributed by atoms with E-state index in [0.29, 0.717) is 30.8 Å². The lowest BCUT2D eigenvalue weighted by molar-refractivity contribution is -0.116. The van der Waals surface area contributed by atoms with E-state index in [9.17, 15) is 13.2 Å². The predicted octanol–water partition coefficient (Wildman–Crippen LogP) is 3.32. The highest BCUT2D eigenvalue weighted by atomic mass is 32.2. The molecular formula is C18H26N2O3S. The van der Waals surface area contributed by atoms with E-state index in [2.05, 4.69) is 17.5 Å². The van der Waals surface area contributed by atoms with Crippen molar-refractivity contribution in [3.63, 3.8) is 0 Å². The lowest BCUT2D eigenvalue weighted by Crippen LogP contribution is -2.31. The average Bonchev–Trinajstić information content (AvgIpc) is 3.02. The fourth-order valence-corrected chi connectivity index (χ4v) is 4.68. The SMILES string of the molecule is CCN(CC)S(=O)(=O)c1cc(NC(=O)C[C@H]2C=CCC2)ccc1C. The van der Waals surface area contributed by atoms with Gasteiger partial charge in [0.1, 0.15) is 0 Å². The molecule has 0 spiro atoms. The van der Waals surface area contributed by atoms with Gasteiger partial charge in [-0.15, -0.1) is 0 Å². The van der Waals surface area contributed by atoms with Gasteiger partial charge in [-0.05, 0) is 43.4 Å². The number of rotatable bonds is 7. The number of carbonyl (C=O) groups is 1. The van der Waals surface area contributed by atoms with Crippen LogP contribution >= 0.6 is 0 Å². The Balaban J connectivity index is 2.18. The molecule has 0 saturated heterocycles. The number of hydrogen-bond donors (Lipinski definition) is 1. The number of aryl methyl sites for hydroxylation is 1. The Morgan fingerprint density at radius 2 is 2.00 bits per heavy atom. The van der Waals surface area contributed by atoms with Crippen molar-refractivity contribution < 1.29 is 13.2 Å². The number of benzene rings is 1. The first-order valence-corrected chi connectivity index (χ1v) is 9.89. The number of nitrogens with one attached hydrogen (secondary N) is 1. The fraction of sp³-hybridized carbons (Fsp3) is 0.500. The summed E-state index contributed by atoms with van der Waals surface area (Å²) in [5.74, 6) is 0.205. The van der Waals surface area contributed by atoms with E-state index in [1.807, 2.05) is 13.8 Å². The molecule has 1 aromatic carbocycles. The smallest absolute Gasteiger partial charge is 0.243 e. The zero-order valence-corrected chi connectivity index (χ0v) is 15.4. The molecule has 1 N–H and O–H groups in total. The average molecular weight is 350 g/mol. The van der Waals surface area contributed by atoms with Crippen LogP contribution in [0, 0.1) is 12.8 Å². The zero-order valence-electron chi connectivity index (χ0n) is 14.6. The van der Waals surface area contributed by atoms with Crippen LogP contribution in [0.2, 0.25) is 0 Å². The van der Waals surface area contributed by atoms with Crippen LogP contribution in [-0.2, 0) is 14.8 Å². The summed E-state index contributed by atoms with van der Waals surface area (Å²) in [5.41, 5.74) is 1.21. The van der Waals surface area contributed by atoms with Crippen molar-refractivity contribution in [1.82, 2.24) is 4.31 Å². The minimum absolute atomic E-state index is 0.0819. The summed E-state index contributed by atoms with van der Waals surface area (Å²) in [4.78, 5) is 12.4.